The number of rotatable bonds is 2. The maximum absolute atomic E-state index is 10.7. The summed E-state index contributed by atoms with van der Waals surface area (Å²) in [4.78, 5) is 13.1. The predicted molar refractivity (Wildman–Crippen MR) is 55.3 cm³/mol. The summed E-state index contributed by atoms with van der Waals surface area (Å²) in [6.45, 7) is 4.09. The summed E-state index contributed by atoms with van der Waals surface area (Å²) in [5, 5.41) is 0. The maximum Gasteiger partial charge on any atom is 0.302 e. The second-order valence-electron chi connectivity index (χ2n) is 4.34. The van der Waals surface area contributed by atoms with Crippen molar-refractivity contribution in [3.8, 4) is 0 Å². The highest BCUT2D eigenvalue weighted by atomic mass is 16.6. The molecule has 0 aliphatic carbocycles. The van der Waals surface area contributed by atoms with Gasteiger partial charge in [0.05, 0.1) is 6.10 Å². The zero-order valence-corrected chi connectivity index (χ0v) is 9.28. The predicted octanol–water partition coefficient (Wildman–Crippen LogP) is 1.15. The maximum atomic E-state index is 10.7. The molecule has 0 spiro atoms. The van der Waals surface area contributed by atoms with Crippen LogP contribution in [0.5, 0.6) is 0 Å². The Bertz CT molecular complexity index is 232. The number of fused-ring (bicyclic) bond motifs is 1. The van der Waals surface area contributed by atoms with E-state index in [-0.39, 0.29) is 18.3 Å². The van der Waals surface area contributed by atoms with Gasteiger partial charge >= 0.3 is 5.97 Å². The number of piperidine rings is 1. The average Bonchev–Trinajstić information content (AvgIpc) is 2.26. The normalized spacial score (nSPS) is 32.1. The molecule has 0 amide bonds. The minimum absolute atomic E-state index is 0.105. The van der Waals surface area contributed by atoms with Crippen LogP contribution in [-0.2, 0) is 14.3 Å². The van der Waals surface area contributed by atoms with Gasteiger partial charge in [-0.1, -0.05) is 0 Å². The summed E-state index contributed by atoms with van der Waals surface area (Å²) >= 11 is 0. The summed E-state index contributed by atoms with van der Waals surface area (Å²) in [6, 6.07) is 0. The van der Waals surface area contributed by atoms with Crippen molar-refractivity contribution >= 4 is 5.97 Å². The Labute approximate surface area is 90.5 Å². The second-order valence-corrected chi connectivity index (χ2v) is 4.34. The van der Waals surface area contributed by atoms with Gasteiger partial charge in [-0.3, -0.25) is 9.69 Å². The van der Waals surface area contributed by atoms with E-state index in [9.17, 15) is 4.79 Å². The van der Waals surface area contributed by atoms with Crippen LogP contribution in [0, 0.1) is 0 Å². The van der Waals surface area contributed by atoms with E-state index in [2.05, 4.69) is 4.90 Å². The largest absolute Gasteiger partial charge is 0.463 e. The molecular formula is C11H19NO3. The molecule has 0 N–H and O–H groups in total. The topological polar surface area (TPSA) is 38.8 Å². The zero-order chi connectivity index (χ0) is 10.7. The fourth-order valence-corrected chi connectivity index (χ4v) is 2.30. The van der Waals surface area contributed by atoms with Crippen molar-refractivity contribution < 1.29 is 14.3 Å². The van der Waals surface area contributed by atoms with Crippen LogP contribution in [-0.4, -0.2) is 42.9 Å². The van der Waals surface area contributed by atoms with Crippen LogP contribution in [0.1, 0.15) is 32.6 Å². The molecular weight excluding hydrogens is 194 g/mol. The van der Waals surface area contributed by atoms with E-state index in [0.29, 0.717) is 6.61 Å². The van der Waals surface area contributed by atoms with E-state index < -0.39 is 0 Å². The van der Waals surface area contributed by atoms with Crippen molar-refractivity contribution in [3.63, 3.8) is 0 Å². The van der Waals surface area contributed by atoms with Gasteiger partial charge in [-0.25, -0.2) is 0 Å². The zero-order valence-electron chi connectivity index (χ0n) is 9.28. The van der Waals surface area contributed by atoms with Gasteiger partial charge in [-0.05, 0) is 25.7 Å². The van der Waals surface area contributed by atoms with Crippen molar-refractivity contribution in [1.29, 1.82) is 0 Å². The highest BCUT2D eigenvalue weighted by Gasteiger charge is 2.30. The molecule has 0 saturated carbocycles. The summed E-state index contributed by atoms with van der Waals surface area (Å²) in [5.74, 6) is -0.218. The quantitative estimate of drug-likeness (QED) is 0.645. The van der Waals surface area contributed by atoms with Gasteiger partial charge in [0.25, 0.3) is 0 Å². The number of ether oxygens (including phenoxy) is 2. The van der Waals surface area contributed by atoms with Crippen molar-refractivity contribution in [2.75, 3.05) is 19.7 Å². The van der Waals surface area contributed by atoms with Crippen LogP contribution in [0.15, 0.2) is 0 Å². The first-order chi connectivity index (χ1) is 7.25. The molecule has 86 valence electrons. The minimum atomic E-state index is -0.218. The molecule has 0 aromatic rings. The molecule has 2 aliphatic heterocycles. The van der Waals surface area contributed by atoms with Gasteiger partial charge in [-0.2, -0.15) is 0 Å². The Kier molecular flexibility index (Phi) is 3.59. The highest BCUT2D eigenvalue weighted by Crippen LogP contribution is 2.24. The monoisotopic (exact) mass is 213 g/mol. The smallest absolute Gasteiger partial charge is 0.302 e. The average molecular weight is 213 g/mol. The lowest BCUT2D eigenvalue weighted by Crippen LogP contribution is -2.49. The van der Waals surface area contributed by atoms with E-state index in [0.717, 1.165) is 25.9 Å². The highest BCUT2D eigenvalue weighted by molar-refractivity contribution is 5.65. The first-order valence-electron chi connectivity index (χ1n) is 5.78. The lowest BCUT2D eigenvalue weighted by atomic mass is 10.1. The lowest BCUT2D eigenvalue weighted by Gasteiger charge is -2.42. The fraction of sp³-hybridized carbons (Fsp3) is 0.909. The summed E-state index contributed by atoms with van der Waals surface area (Å²) in [7, 11) is 0. The van der Waals surface area contributed by atoms with Crippen molar-refractivity contribution in [1.82, 2.24) is 4.90 Å². The number of carbonyl (C=O) groups is 1. The van der Waals surface area contributed by atoms with E-state index >= 15 is 0 Å². The molecule has 0 aromatic carbocycles. The second kappa shape index (κ2) is 4.94. The number of nitrogens with zero attached hydrogens (tertiary/aromatic N) is 1. The molecule has 4 nitrogen and oxygen atoms in total. The number of hydrogen-bond donors (Lipinski definition) is 0. The van der Waals surface area contributed by atoms with Crippen LogP contribution < -0.4 is 0 Å². The Morgan fingerprint density at radius 3 is 3.07 bits per heavy atom. The van der Waals surface area contributed by atoms with E-state index in [1.54, 1.807) is 0 Å². The van der Waals surface area contributed by atoms with Crippen LogP contribution in [0.3, 0.4) is 0 Å². The van der Waals surface area contributed by atoms with Gasteiger partial charge in [0, 0.05) is 20.0 Å². The molecule has 2 heterocycles. The van der Waals surface area contributed by atoms with E-state index in [1.807, 2.05) is 0 Å². The van der Waals surface area contributed by atoms with Crippen molar-refractivity contribution in [2.45, 2.75) is 44.9 Å². The molecule has 2 rings (SSSR count). The van der Waals surface area contributed by atoms with Gasteiger partial charge in [0.15, 0.2) is 0 Å². The molecule has 0 unspecified atom stereocenters. The molecule has 2 atom stereocenters. The van der Waals surface area contributed by atoms with E-state index in [1.165, 1.54) is 19.8 Å². The van der Waals surface area contributed by atoms with E-state index in [4.69, 9.17) is 9.47 Å². The molecule has 0 bridgehead atoms. The molecule has 15 heavy (non-hydrogen) atoms. The SMILES string of the molecule is CC(=O)OC[C@@H]1CCN2CCCC[C@@H]2O1. The minimum Gasteiger partial charge on any atom is -0.463 e. The Balaban J connectivity index is 1.78. The fourth-order valence-electron chi connectivity index (χ4n) is 2.30. The third kappa shape index (κ3) is 2.92. The Hall–Kier alpha value is -0.610. The van der Waals surface area contributed by atoms with Crippen LogP contribution in [0.25, 0.3) is 0 Å². The summed E-state index contributed by atoms with van der Waals surface area (Å²) < 4.78 is 10.9. The molecule has 4 heteroatoms. The van der Waals surface area contributed by atoms with Gasteiger partial charge in [0.2, 0.25) is 0 Å². The van der Waals surface area contributed by atoms with Gasteiger partial charge in [-0.15, -0.1) is 0 Å². The number of hydrogen-bond acceptors (Lipinski definition) is 4. The molecule has 0 aromatic heterocycles. The van der Waals surface area contributed by atoms with Crippen LogP contribution in [0.2, 0.25) is 0 Å². The third-order valence-electron chi connectivity index (χ3n) is 3.11. The summed E-state index contributed by atoms with van der Waals surface area (Å²) in [6.07, 6.45) is 5.01. The molecule has 0 radical (unpaired) electrons. The van der Waals surface area contributed by atoms with Gasteiger partial charge < -0.3 is 9.47 Å². The number of esters is 1. The first-order valence-corrected chi connectivity index (χ1v) is 5.78. The first kappa shape index (κ1) is 10.9. The Morgan fingerprint density at radius 1 is 1.40 bits per heavy atom. The van der Waals surface area contributed by atoms with Crippen LogP contribution >= 0.6 is 0 Å². The standard InChI is InChI=1S/C11H19NO3/c1-9(13)14-8-10-5-7-12-6-3-2-4-11(12)15-10/h10-11H,2-8H2,1H3/t10-,11-/m0/s1. The third-order valence-corrected chi connectivity index (χ3v) is 3.11. The molecule has 2 aliphatic rings. The lowest BCUT2D eigenvalue weighted by molar-refractivity contribution is -0.176. The van der Waals surface area contributed by atoms with Gasteiger partial charge in [0.1, 0.15) is 12.8 Å². The molecule has 2 saturated heterocycles. The summed E-state index contributed by atoms with van der Waals surface area (Å²) in [5.41, 5.74) is 0. The van der Waals surface area contributed by atoms with Crippen LogP contribution in [0.4, 0.5) is 0 Å². The number of carbonyl (C=O) groups excluding carboxylic acids is 1. The molecule has 2 fully saturated rings. The van der Waals surface area contributed by atoms with Crippen molar-refractivity contribution in [3.05, 3.63) is 0 Å². The Morgan fingerprint density at radius 2 is 2.27 bits per heavy atom. The van der Waals surface area contributed by atoms with Crippen molar-refractivity contribution in [2.24, 2.45) is 0 Å².